The van der Waals surface area contributed by atoms with Gasteiger partial charge in [0.15, 0.2) is 5.78 Å². The average molecular weight is 264 g/mol. The molecule has 2 aromatic rings. The van der Waals surface area contributed by atoms with E-state index in [2.05, 4.69) is 9.72 Å². The lowest BCUT2D eigenvalue weighted by atomic mass is 10.0. The number of pyridine rings is 1. The van der Waals surface area contributed by atoms with Crippen molar-refractivity contribution >= 4 is 11.5 Å². The monoisotopic (exact) mass is 264 g/mol. The number of ether oxygens (including phenoxy) is 1. The average Bonchev–Trinajstić information content (AvgIpc) is 2.38. The lowest BCUT2D eigenvalue weighted by molar-refractivity contribution is -0.0500. The van der Waals surface area contributed by atoms with E-state index in [1.165, 1.54) is 36.7 Å². The Morgan fingerprint density at radius 3 is 2.68 bits per heavy atom. The van der Waals surface area contributed by atoms with Crippen LogP contribution in [0.4, 0.5) is 14.5 Å². The van der Waals surface area contributed by atoms with E-state index < -0.39 is 12.4 Å². The van der Waals surface area contributed by atoms with Crippen molar-refractivity contribution in [1.29, 1.82) is 0 Å². The number of rotatable bonds is 4. The topological polar surface area (TPSA) is 65.2 Å². The summed E-state index contributed by atoms with van der Waals surface area (Å²) in [5.74, 6) is -0.759. The Morgan fingerprint density at radius 2 is 2.05 bits per heavy atom. The number of carbonyl (C=O) groups is 1. The summed E-state index contributed by atoms with van der Waals surface area (Å²) in [6, 6.07) is 7.25. The van der Waals surface area contributed by atoms with Gasteiger partial charge in [0, 0.05) is 23.6 Å². The molecular weight excluding hydrogens is 254 g/mol. The SMILES string of the molecule is Nc1cccc(OC(F)F)c1C(=O)c1cccnc1. The number of anilines is 1. The zero-order valence-corrected chi connectivity index (χ0v) is 9.72. The first-order valence-electron chi connectivity index (χ1n) is 5.37. The molecule has 4 nitrogen and oxygen atoms in total. The lowest BCUT2D eigenvalue weighted by Gasteiger charge is -2.11. The Balaban J connectivity index is 2.46. The third-order valence-electron chi connectivity index (χ3n) is 2.43. The van der Waals surface area contributed by atoms with Crippen LogP contribution in [0.25, 0.3) is 0 Å². The summed E-state index contributed by atoms with van der Waals surface area (Å²) in [5.41, 5.74) is 5.91. The number of ketones is 1. The van der Waals surface area contributed by atoms with Crippen LogP contribution in [-0.2, 0) is 0 Å². The number of alkyl halides is 2. The molecule has 0 aliphatic heterocycles. The minimum absolute atomic E-state index is 0.0759. The molecule has 98 valence electrons. The highest BCUT2D eigenvalue weighted by molar-refractivity contribution is 6.13. The molecular formula is C13H10F2N2O2. The largest absolute Gasteiger partial charge is 0.434 e. The number of nitrogen functional groups attached to an aromatic ring is 1. The van der Waals surface area contributed by atoms with E-state index in [4.69, 9.17) is 5.73 Å². The summed E-state index contributed by atoms with van der Waals surface area (Å²) >= 11 is 0. The van der Waals surface area contributed by atoms with Crippen LogP contribution in [0.3, 0.4) is 0 Å². The predicted octanol–water partition coefficient (Wildman–Crippen LogP) is 2.50. The maximum atomic E-state index is 12.3. The fourth-order valence-corrected chi connectivity index (χ4v) is 1.63. The molecule has 0 spiro atoms. The molecule has 0 saturated carbocycles. The standard InChI is InChI=1S/C13H10F2N2O2/c14-13(15)19-10-5-1-4-9(16)11(10)12(18)8-3-2-6-17-7-8/h1-7,13H,16H2. The van der Waals surface area contributed by atoms with Crippen LogP contribution in [0.1, 0.15) is 15.9 Å². The first-order chi connectivity index (χ1) is 9.09. The van der Waals surface area contributed by atoms with Gasteiger partial charge in [-0.2, -0.15) is 8.78 Å². The molecule has 1 heterocycles. The normalized spacial score (nSPS) is 10.5. The van der Waals surface area contributed by atoms with Gasteiger partial charge in [-0.05, 0) is 24.3 Å². The van der Waals surface area contributed by atoms with E-state index in [-0.39, 0.29) is 22.6 Å². The Labute approximate surface area is 107 Å². The zero-order chi connectivity index (χ0) is 13.8. The Bertz CT molecular complexity index is 588. The minimum atomic E-state index is -3.03. The maximum absolute atomic E-state index is 12.3. The van der Waals surface area contributed by atoms with E-state index in [1.807, 2.05) is 0 Å². The molecule has 0 aliphatic carbocycles. The van der Waals surface area contributed by atoms with E-state index in [1.54, 1.807) is 6.07 Å². The van der Waals surface area contributed by atoms with Crippen LogP contribution in [-0.4, -0.2) is 17.4 Å². The second kappa shape index (κ2) is 5.43. The third kappa shape index (κ3) is 2.85. The smallest absolute Gasteiger partial charge is 0.387 e. The molecule has 0 bridgehead atoms. The van der Waals surface area contributed by atoms with Crippen LogP contribution in [0.15, 0.2) is 42.7 Å². The van der Waals surface area contributed by atoms with Gasteiger partial charge in [-0.15, -0.1) is 0 Å². The molecule has 2 rings (SSSR count). The van der Waals surface area contributed by atoms with Gasteiger partial charge >= 0.3 is 6.61 Å². The number of nitrogens with zero attached hydrogens (tertiary/aromatic N) is 1. The summed E-state index contributed by atoms with van der Waals surface area (Å²) < 4.78 is 28.9. The molecule has 0 unspecified atom stereocenters. The van der Waals surface area contributed by atoms with Gasteiger partial charge in [-0.3, -0.25) is 9.78 Å². The molecule has 0 radical (unpaired) electrons. The van der Waals surface area contributed by atoms with Gasteiger partial charge < -0.3 is 10.5 Å². The number of nitrogens with two attached hydrogens (primary N) is 1. The van der Waals surface area contributed by atoms with Gasteiger partial charge in [0.2, 0.25) is 0 Å². The maximum Gasteiger partial charge on any atom is 0.387 e. The predicted molar refractivity (Wildman–Crippen MR) is 65.2 cm³/mol. The molecule has 0 amide bonds. The summed E-state index contributed by atoms with van der Waals surface area (Å²) in [4.78, 5) is 16.0. The van der Waals surface area contributed by atoms with Crippen molar-refractivity contribution in [2.75, 3.05) is 5.73 Å². The van der Waals surface area contributed by atoms with Crippen molar-refractivity contribution in [2.45, 2.75) is 6.61 Å². The highest BCUT2D eigenvalue weighted by Gasteiger charge is 2.20. The molecule has 0 atom stereocenters. The molecule has 0 saturated heterocycles. The second-order valence-electron chi connectivity index (χ2n) is 3.67. The highest BCUT2D eigenvalue weighted by Crippen LogP contribution is 2.28. The number of aromatic nitrogens is 1. The van der Waals surface area contributed by atoms with Crippen LogP contribution >= 0.6 is 0 Å². The molecule has 1 aromatic heterocycles. The minimum Gasteiger partial charge on any atom is -0.434 e. The van der Waals surface area contributed by atoms with Crippen molar-refractivity contribution in [3.63, 3.8) is 0 Å². The quantitative estimate of drug-likeness (QED) is 0.680. The molecule has 0 aliphatic rings. The number of halogens is 2. The van der Waals surface area contributed by atoms with Crippen molar-refractivity contribution in [3.8, 4) is 5.75 Å². The highest BCUT2D eigenvalue weighted by atomic mass is 19.3. The summed E-state index contributed by atoms with van der Waals surface area (Å²) in [5, 5.41) is 0. The first kappa shape index (κ1) is 12.9. The van der Waals surface area contributed by atoms with Crippen molar-refractivity contribution in [1.82, 2.24) is 4.98 Å². The number of hydrogen-bond donors (Lipinski definition) is 1. The summed E-state index contributed by atoms with van der Waals surface area (Å²) in [7, 11) is 0. The Morgan fingerprint density at radius 1 is 1.26 bits per heavy atom. The Hall–Kier alpha value is -2.50. The van der Waals surface area contributed by atoms with E-state index in [0.717, 1.165) is 0 Å². The Kier molecular flexibility index (Phi) is 3.70. The molecule has 6 heteroatoms. The van der Waals surface area contributed by atoms with Gasteiger partial charge in [0.05, 0.1) is 5.56 Å². The number of benzene rings is 1. The van der Waals surface area contributed by atoms with Crippen LogP contribution in [0.2, 0.25) is 0 Å². The summed E-state index contributed by atoms with van der Waals surface area (Å²) in [6.07, 6.45) is 2.84. The van der Waals surface area contributed by atoms with Gasteiger partial charge in [-0.25, -0.2) is 0 Å². The first-order valence-corrected chi connectivity index (χ1v) is 5.37. The van der Waals surface area contributed by atoms with Crippen molar-refractivity contribution in [3.05, 3.63) is 53.9 Å². The zero-order valence-electron chi connectivity index (χ0n) is 9.72. The van der Waals surface area contributed by atoms with Crippen molar-refractivity contribution in [2.24, 2.45) is 0 Å². The third-order valence-corrected chi connectivity index (χ3v) is 2.43. The fraction of sp³-hybridized carbons (Fsp3) is 0.0769. The molecule has 0 fully saturated rings. The second-order valence-corrected chi connectivity index (χ2v) is 3.67. The van der Waals surface area contributed by atoms with Crippen LogP contribution < -0.4 is 10.5 Å². The van der Waals surface area contributed by atoms with Gasteiger partial charge in [-0.1, -0.05) is 6.07 Å². The van der Waals surface area contributed by atoms with E-state index in [9.17, 15) is 13.6 Å². The van der Waals surface area contributed by atoms with E-state index >= 15 is 0 Å². The molecule has 19 heavy (non-hydrogen) atoms. The van der Waals surface area contributed by atoms with Gasteiger partial charge in [0.25, 0.3) is 0 Å². The van der Waals surface area contributed by atoms with E-state index in [0.29, 0.717) is 0 Å². The van der Waals surface area contributed by atoms with Crippen LogP contribution in [0, 0.1) is 0 Å². The molecule has 2 N–H and O–H groups in total. The van der Waals surface area contributed by atoms with Crippen molar-refractivity contribution < 1.29 is 18.3 Å². The molecule has 1 aromatic carbocycles. The van der Waals surface area contributed by atoms with Crippen LogP contribution in [0.5, 0.6) is 5.75 Å². The number of carbonyl (C=O) groups excluding carboxylic acids is 1. The fourth-order valence-electron chi connectivity index (χ4n) is 1.63. The summed E-state index contributed by atoms with van der Waals surface area (Å²) in [6.45, 7) is -3.03. The number of hydrogen-bond acceptors (Lipinski definition) is 4. The van der Waals surface area contributed by atoms with Gasteiger partial charge in [0.1, 0.15) is 5.75 Å². The lowest BCUT2D eigenvalue weighted by Crippen LogP contribution is -2.11.